The Labute approximate surface area is 128 Å². The maximum atomic E-state index is 12.3. The minimum atomic E-state index is -0.663. The number of amides is 1. The summed E-state index contributed by atoms with van der Waals surface area (Å²) in [5.41, 5.74) is 2.66. The van der Waals surface area contributed by atoms with Gasteiger partial charge < -0.3 is 4.74 Å². The quantitative estimate of drug-likeness (QED) is 0.843. The Bertz CT molecular complexity index is 747. The highest BCUT2D eigenvalue weighted by atomic mass is 16.6. The number of carbonyl (C=O) groups excluding carboxylic acids is 1. The lowest BCUT2D eigenvalue weighted by atomic mass is 9.97. The molecular formula is C18H14N2O2. The van der Waals surface area contributed by atoms with Crippen LogP contribution in [0.3, 0.4) is 0 Å². The molecule has 1 aliphatic rings. The highest BCUT2D eigenvalue weighted by molar-refractivity contribution is 5.74. The van der Waals surface area contributed by atoms with E-state index in [4.69, 9.17) is 4.74 Å². The topological polar surface area (TPSA) is 53.3 Å². The Morgan fingerprint density at radius 3 is 2.64 bits per heavy atom. The summed E-state index contributed by atoms with van der Waals surface area (Å²) < 4.78 is 5.30. The fourth-order valence-electron chi connectivity index (χ4n) is 2.40. The number of hydrogen-bond acceptors (Lipinski definition) is 3. The van der Waals surface area contributed by atoms with E-state index in [1.165, 1.54) is 4.90 Å². The highest BCUT2D eigenvalue weighted by Crippen LogP contribution is 2.30. The third kappa shape index (κ3) is 2.70. The highest BCUT2D eigenvalue weighted by Gasteiger charge is 2.28. The monoisotopic (exact) mass is 290 g/mol. The van der Waals surface area contributed by atoms with Crippen LogP contribution in [-0.4, -0.2) is 11.0 Å². The molecular weight excluding hydrogens is 276 g/mol. The molecule has 0 saturated carbocycles. The van der Waals surface area contributed by atoms with E-state index in [0.717, 1.165) is 16.7 Å². The van der Waals surface area contributed by atoms with Crippen molar-refractivity contribution in [1.29, 1.82) is 5.26 Å². The number of nitrogens with zero attached hydrogens (tertiary/aromatic N) is 2. The van der Waals surface area contributed by atoms with Crippen molar-refractivity contribution >= 4 is 12.2 Å². The standard InChI is InChI=1S/C18H14N2O2/c19-12-17-16-9-5-4-8-15(16)10-11-20(17)18(21)22-13-14-6-2-1-3-7-14/h1-11,17H,13H2. The van der Waals surface area contributed by atoms with Crippen LogP contribution >= 0.6 is 0 Å². The van der Waals surface area contributed by atoms with E-state index in [9.17, 15) is 10.1 Å². The van der Waals surface area contributed by atoms with Crippen molar-refractivity contribution in [1.82, 2.24) is 4.90 Å². The molecule has 0 aromatic heterocycles. The molecule has 1 atom stereocenters. The molecule has 1 heterocycles. The van der Waals surface area contributed by atoms with E-state index < -0.39 is 12.1 Å². The van der Waals surface area contributed by atoms with Crippen molar-refractivity contribution < 1.29 is 9.53 Å². The minimum absolute atomic E-state index is 0.184. The van der Waals surface area contributed by atoms with Crippen LogP contribution in [0.2, 0.25) is 0 Å². The van der Waals surface area contributed by atoms with Gasteiger partial charge in [-0.1, -0.05) is 54.6 Å². The lowest BCUT2D eigenvalue weighted by Crippen LogP contribution is -2.32. The van der Waals surface area contributed by atoms with Gasteiger partial charge in [-0.2, -0.15) is 5.26 Å². The van der Waals surface area contributed by atoms with Gasteiger partial charge in [-0.15, -0.1) is 0 Å². The third-order valence-electron chi connectivity index (χ3n) is 3.52. The summed E-state index contributed by atoms with van der Waals surface area (Å²) in [6.45, 7) is 0.184. The smallest absolute Gasteiger partial charge is 0.415 e. The Hall–Kier alpha value is -3.06. The van der Waals surface area contributed by atoms with Crippen LogP contribution in [-0.2, 0) is 11.3 Å². The largest absolute Gasteiger partial charge is 0.444 e. The van der Waals surface area contributed by atoms with Gasteiger partial charge in [0.2, 0.25) is 0 Å². The first kappa shape index (κ1) is 13.9. The molecule has 2 aromatic rings. The number of fused-ring (bicyclic) bond motifs is 1. The first-order valence-corrected chi connectivity index (χ1v) is 6.95. The summed E-state index contributed by atoms with van der Waals surface area (Å²) in [7, 11) is 0. The van der Waals surface area contributed by atoms with Gasteiger partial charge in [0.05, 0.1) is 6.07 Å². The Morgan fingerprint density at radius 2 is 1.86 bits per heavy atom. The maximum Gasteiger partial charge on any atom is 0.415 e. The van der Waals surface area contributed by atoms with Crippen LogP contribution < -0.4 is 0 Å². The van der Waals surface area contributed by atoms with Crippen molar-refractivity contribution in [3.05, 3.63) is 77.5 Å². The fourth-order valence-corrected chi connectivity index (χ4v) is 2.40. The van der Waals surface area contributed by atoms with Crippen LogP contribution in [0.25, 0.3) is 6.08 Å². The van der Waals surface area contributed by atoms with Gasteiger partial charge >= 0.3 is 6.09 Å². The number of hydrogen-bond donors (Lipinski definition) is 0. The normalized spacial score (nSPS) is 15.8. The summed E-state index contributed by atoms with van der Waals surface area (Å²) >= 11 is 0. The molecule has 0 radical (unpaired) electrons. The van der Waals surface area contributed by atoms with E-state index in [-0.39, 0.29) is 6.61 Å². The molecule has 4 heteroatoms. The van der Waals surface area contributed by atoms with Gasteiger partial charge in [0, 0.05) is 6.20 Å². The van der Waals surface area contributed by atoms with Crippen LogP contribution in [0.4, 0.5) is 4.79 Å². The average Bonchev–Trinajstić information content (AvgIpc) is 2.59. The number of nitriles is 1. The number of benzene rings is 2. The van der Waals surface area contributed by atoms with E-state index in [2.05, 4.69) is 6.07 Å². The average molecular weight is 290 g/mol. The zero-order valence-electron chi connectivity index (χ0n) is 11.8. The summed E-state index contributed by atoms with van der Waals surface area (Å²) in [6, 6.07) is 18.5. The lowest BCUT2D eigenvalue weighted by Gasteiger charge is -2.27. The molecule has 0 bridgehead atoms. The van der Waals surface area contributed by atoms with Crippen LogP contribution in [0.5, 0.6) is 0 Å². The first-order valence-electron chi connectivity index (χ1n) is 6.95. The summed E-state index contributed by atoms with van der Waals surface area (Å²) in [5, 5.41) is 9.41. The Morgan fingerprint density at radius 1 is 1.14 bits per heavy atom. The number of rotatable bonds is 2. The van der Waals surface area contributed by atoms with Gasteiger partial charge in [-0.3, -0.25) is 4.90 Å². The molecule has 4 nitrogen and oxygen atoms in total. The van der Waals surface area contributed by atoms with Gasteiger partial charge in [0.25, 0.3) is 0 Å². The van der Waals surface area contributed by atoms with Gasteiger partial charge in [-0.05, 0) is 22.8 Å². The third-order valence-corrected chi connectivity index (χ3v) is 3.52. The predicted molar refractivity (Wildman–Crippen MR) is 82.3 cm³/mol. The molecule has 0 N–H and O–H groups in total. The fraction of sp³-hybridized carbons (Fsp3) is 0.111. The van der Waals surface area contributed by atoms with Crippen molar-refractivity contribution in [3.63, 3.8) is 0 Å². The van der Waals surface area contributed by atoms with E-state index in [1.54, 1.807) is 6.20 Å². The number of carbonyl (C=O) groups is 1. The summed E-state index contributed by atoms with van der Waals surface area (Å²) in [4.78, 5) is 13.6. The van der Waals surface area contributed by atoms with Gasteiger partial charge in [0.15, 0.2) is 6.04 Å². The first-order chi connectivity index (χ1) is 10.8. The summed E-state index contributed by atoms with van der Waals surface area (Å²) in [5.74, 6) is 0. The van der Waals surface area contributed by atoms with Crippen LogP contribution in [0, 0.1) is 11.3 Å². The second kappa shape index (κ2) is 6.15. The molecule has 3 rings (SSSR count). The Kier molecular flexibility index (Phi) is 3.88. The SMILES string of the molecule is N#CC1c2ccccc2C=CN1C(=O)OCc1ccccc1. The number of ether oxygens (including phenoxy) is 1. The van der Waals surface area contributed by atoms with Gasteiger partial charge in [0.1, 0.15) is 6.61 Å². The molecule has 1 unspecified atom stereocenters. The van der Waals surface area contributed by atoms with E-state index in [0.29, 0.717) is 0 Å². The zero-order valence-corrected chi connectivity index (χ0v) is 11.8. The molecule has 1 amide bonds. The molecule has 22 heavy (non-hydrogen) atoms. The predicted octanol–water partition coefficient (Wildman–Crippen LogP) is 3.87. The second-order valence-corrected chi connectivity index (χ2v) is 4.92. The van der Waals surface area contributed by atoms with E-state index in [1.807, 2.05) is 60.7 Å². The molecule has 0 aliphatic carbocycles. The lowest BCUT2D eigenvalue weighted by molar-refractivity contribution is 0.104. The van der Waals surface area contributed by atoms with Gasteiger partial charge in [-0.25, -0.2) is 4.79 Å². The summed E-state index contributed by atoms with van der Waals surface area (Å²) in [6.07, 6.45) is 2.89. The molecule has 0 fully saturated rings. The zero-order chi connectivity index (χ0) is 15.4. The van der Waals surface area contributed by atoms with Crippen molar-refractivity contribution in [2.24, 2.45) is 0 Å². The van der Waals surface area contributed by atoms with Crippen molar-refractivity contribution in [2.75, 3.05) is 0 Å². The molecule has 0 saturated heterocycles. The van der Waals surface area contributed by atoms with Crippen LogP contribution in [0.15, 0.2) is 60.8 Å². The molecule has 1 aliphatic heterocycles. The maximum absolute atomic E-state index is 12.3. The van der Waals surface area contributed by atoms with E-state index >= 15 is 0 Å². The Balaban J connectivity index is 1.75. The van der Waals surface area contributed by atoms with Crippen LogP contribution in [0.1, 0.15) is 22.7 Å². The minimum Gasteiger partial charge on any atom is -0.444 e. The van der Waals surface area contributed by atoms with Crippen molar-refractivity contribution in [2.45, 2.75) is 12.6 Å². The molecule has 2 aromatic carbocycles. The van der Waals surface area contributed by atoms with Crippen molar-refractivity contribution in [3.8, 4) is 6.07 Å². The molecule has 108 valence electrons. The second-order valence-electron chi connectivity index (χ2n) is 4.92. The molecule has 0 spiro atoms.